The minimum atomic E-state index is -3.55. The Kier molecular flexibility index (Phi) is 7.73. The molecule has 6 nitrogen and oxygen atoms in total. The fourth-order valence-corrected chi connectivity index (χ4v) is 4.80. The number of anilines is 1. The van der Waals surface area contributed by atoms with Crippen LogP contribution >= 0.6 is 12.2 Å². The van der Waals surface area contributed by atoms with E-state index in [0.29, 0.717) is 5.69 Å². The topological polar surface area (TPSA) is 87.3 Å². The first kappa shape index (κ1) is 22.1. The van der Waals surface area contributed by atoms with Crippen molar-refractivity contribution in [1.29, 1.82) is 0 Å². The van der Waals surface area contributed by atoms with Crippen molar-refractivity contribution >= 4 is 45.0 Å². The summed E-state index contributed by atoms with van der Waals surface area (Å²) in [6.07, 6.45) is 8.13. The van der Waals surface area contributed by atoms with Gasteiger partial charge in [-0.15, -0.1) is 0 Å². The number of amides is 1. The molecule has 0 aromatic heterocycles. The molecule has 0 unspecified atom stereocenters. The number of hydrogen-bond donors (Lipinski definition) is 3. The highest BCUT2D eigenvalue weighted by molar-refractivity contribution is 7.89. The van der Waals surface area contributed by atoms with Crippen molar-refractivity contribution in [3.05, 3.63) is 66.2 Å². The Morgan fingerprint density at radius 1 is 0.967 bits per heavy atom. The molecule has 1 amide bonds. The maximum absolute atomic E-state index is 12.5. The molecular weight excluding hydrogens is 418 g/mol. The number of thiocarbonyl (C=S) groups is 1. The molecule has 0 aliphatic heterocycles. The SMILES string of the molecule is O=C(C=Cc1ccccc1)NC(=S)Nc1ccc(S(=O)(=O)NC2CCCCC2)cc1. The summed E-state index contributed by atoms with van der Waals surface area (Å²) in [4.78, 5) is 12.2. The molecule has 3 rings (SSSR count). The molecule has 0 heterocycles. The third-order valence-corrected chi connectivity index (χ3v) is 6.55. The maximum atomic E-state index is 12.5. The van der Waals surface area contributed by atoms with Gasteiger partial charge in [-0.25, -0.2) is 13.1 Å². The average Bonchev–Trinajstić information content (AvgIpc) is 2.74. The lowest BCUT2D eigenvalue weighted by molar-refractivity contribution is -0.115. The Morgan fingerprint density at radius 3 is 2.30 bits per heavy atom. The predicted octanol–water partition coefficient (Wildman–Crippen LogP) is 3.82. The van der Waals surface area contributed by atoms with E-state index in [1.807, 2.05) is 30.3 Å². The standard InChI is InChI=1S/C22H25N3O3S2/c26-21(16-11-17-7-3-1-4-8-17)24-22(29)23-18-12-14-20(15-13-18)30(27,28)25-19-9-5-2-6-10-19/h1,3-4,7-8,11-16,19,25H,2,5-6,9-10H2,(H2,23,24,26,29). The van der Waals surface area contributed by atoms with Gasteiger partial charge in [-0.3, -0.25) is 10.1 Å². The summed E-state index contributed by atoms with van der Waals surface area (Å²) in [6, 6.07) is 15.7. The second kappa shape index (κ2) is 10.5. The number of carbonyl (C=O) groups excluding carboxylic acids is 1. The molecule has 1 aliphatic rings. The summed E-state index contributed by atoms with van der Waals surface area (Å²) in [7, 11) is -3.55. The monoisotopic (exact) mass is 443 g/mol. The fourth-order valence-electron chi connectivity index (χ4n) is 3.28. The summed E-state index contributed by atoms with van der Waals surface area (Å²) in [6.45, 7) is 0. The highest BCUT2D eigenvalue weighted by Crippen LogP contribution is 2.20. The van der Waals surface area contributed by atoms with Gasteiger partial charge in [0.05, 0.1) is 4.90 Å². The van der Waals surface area contributed by atoms with Crippen LogP contribution in [0.1, 0.15) is 37.7 Å². The first-order valence-corrected chi connectivity index (χ1v) is 11.8. The molecule has 1 fully saturated rings. The molecular formula is C22H25N3O3S2. The van der Waals surface area contributed by atoms with Crippen LogP contribution in [0.15, 0.2) is 65.6 Å². The van der Waals surface area contributed by atoms with Gasteiger partial charge in [-0.1, -0.05) is 49.6 Å². The van der Waals surface area contributed by atoms with Crippen LogP contribution < -0.4 is 15.4 Å². The van der Waals surface area contributed by atoms with Gasteiger partial charge in [-0.05, 0) is 61.0 Å². The van der Waals surface area contributed by atoms with Gasteiger partial charge in [-0.2, -0.15) is 0 Å². The number of rotatable bonds is 6. The van der Waals surface area contributed by atoms with Crippen molar-refractivity contribution in [2.24, 2.45) is 0 Å². The molecule has 0 radical (unpaired) electrons. The highest BCUT2D eigenvalue weighted by atomic mass is 32.2. The van der Waals surface area contributed by atoms with E-state index in [9.17, 15) is 13.2 Å². The van der Waals surface area contributed by atoms with Crippen LogP contribution in [0, 0.1) is 0 Å². The van der Waals surface area contributed by atoms with Gasteiger partial charge in [0.15, 0.2) is 5.11 Å². The zero-order valence-corrected chi connectivity index (χ0v) is 18.1. The van der Waals surface area contributed by atoms with Crippen molar-refractivity contribution < 1.29 is 13.2 Å². The molecule has 8 heteroatoms. The van der Waals surface area contributed by atoms with Gasteiger partial charge in [0.1, 0.15) is 0 Å². The third-order valence-electron chi connectivity index (χ3n) is 4.81. The summed E-state index contributed by atoms with van der Waals surface area (Å²) in [5.74, 6) is -0.354. The number of hydrogen-bond acceptors (Lipinski definition) is 4. The van der Waals surface area contributed by atoms with E-state index in [4.69, 9.17) is 12.2 Å². The molecule has 0 atom stereocenters. The minimum Gasteiger partial charge on any atom is -0.332 e. The lowest BCUT2D eigenvalue weighted by atomic mass is 9.96. The molecule has 30 heavy (non-hydrogen) atoms. The normalized spacial score (nSPS) is 15.1. The lowest BCUT2D eigenvalue weighted by Crippen LogP contribution is -2.36. The van der Waals surface area contributed by atoms with Gasteiger partial charge < -0.3 is 5.32 Å². The Labute approximate surface area is 182 Å². The Balaban J connectivity index is 1.52. The smallest absolute Gasteiger partial charge is 0.250 e. The summed E-state index contributed by atoms with van der Waals surface area (Å²) < 4.78 is 27.9. The molecule has 3 N–H and O–H groups in total. The largest absolute Gasteiger partial charge is 0.332 e. The van der Waals surface area contributed by atoms with Crippen LogP contribution in [0.25, 0.3) is 6.08 Å². The second-order valence-electron chi connectivity index (χ2n) is 7.17. The zero-order valence-electron chi connectivity index (χ0n) is 16.5. The van der Waals surface area contributed by atoms with Crippen molar-refractivity contribution in [3.8, 4) is 0 Å². The Hall–Kier alpha value is -2.55. The quantitative estimate of drug-likeness (QED) is 0.467. The van der Waals surface area contributed by atoms with Crippen LogP contribution in [0.5, 0.6) is 0 Å². The van der Waals surface area contributed by atoms with E-state index in [1.165, 1.54) is 18.2 Å². The van der Waals surface area contributed by atoms with E-state index in [0.717, 1.165) is 37.7 Å². The lowest BCUT2D eigenvalue weighted by Gasteiger charge is -2.22. The first-order chi connectivity index (χ1) is 14.4. The van der Waals surface area contributed by atoms with Gasteiger partial charge in [0.25, 0.3) is 0 Å². The van der Waals surface area contributed by atoms with Crippen molar-refractivity contribution in [2.45, 2.75) is 43.0 Å². The third kappa shape index (κ3) is 6.76. The Bertz CT molecular complexity index is 998. The van der Waals surface area contributed by atoms with Crippen LogP contribution in [0.4, 0.5) is 5.69 Å². The van der Waals surface area contributed by atoms with Gasteiger partial charge >= 0.3 is 0 Å². The molecule has 1 saturated carbocycles. The van der Waals surface area contributed by atoms with E-state index < -0.39 is 10.0 Å². The second-order valence-corrected chi connectivity index (χ2v) is 9.29. The van der Waals surface area contributed by atoms with Crippen LogP contribution in [0.3, 0.4) is 0 Å². The van der Waals surface area contributed by atoms with E-state index in [2.05, 4.69) is 15.4 Å². The van der Waals surface area contributed by atoms with Crippen LogP contribution in [0.2, 0.25) is 0 Å². The van der Waals surface area contributed by atoms with Crippen molar-refractivity contribution in [1.82, 2.24) is 10.0 Å². The molecule has 158 valence electrons. The predicted molar refractivity (Wildman–Crippen MR) is 123 cm³/mol. The summed E-state index contributed by atoms with van der Waals surface area (Å²) >= 11 is 5.15. The van der Waals surface area contributed by atoms with Gasteiger partial charge in [0, 0.05) is 17.8 Å². The molecule has 2 aromatic carbocycles. The van der Waals surface area contributed by atoms with Crippen molar-refractivity contribution in [3.63, 3.8) is 0 Å². The molecule has 2 aromatic rings. The molecule has 1 aliphatic carbocycles. The fraction of sp³-hybridized carbons (Fsp3) is 0.273. The minimum absolute atomic E-state index is 0.00767. The van der Waals surface area contributed by atoms with Crippen LogP contribution in [-0.2, 0) is 14.8 Å². The van der Waals surface area contributed by atoms with Gasteiger partial charge in [0.2, 0.25) is 15.9 Å². The van der Waals surface area contributed by atoms with Crippen LogP contribution in [-0.4, -0.2) is 25.5 Å². The number of benzene rings is 2. The number of sulfonamides is 1. The number of nitrogens with one attached hydrogen (secondary N) is 3. The van der Waals surface area contributed by atoms with E-state index >= 15 is 0 Å². The van der Waals surface area contributed by atoms with Crippen molar-refractivity contribution in [2.75, 3.05) is 5.32 Å². The average molecular weight is 444 g/mol. The maximum Gasteiger partial charge on any atom is 0.250 e. The Morgan fingerprint density at radius 2 is 1.63 bits per heavy atom. The molecule has 0 spiro atoms. The van der Waals surface area contributed by atoms with E-state index in [1.54, 1.807) is 18.2 Å². The summed E-state index contributed by atoms with van der Waals surface area (Å²) in [5.41, 5.74) is 1.49. The van der Waals surface area contributed by atoms with E-state index in [-0.39, 0.29) is 22.0 Å². The molecule has 0 bridgehead atoms. The zero-order chi connectivity index (χ0) is 21.4. The number of carbonyl (C=O) groups is 1. The first-order valence-electron chi connectivity index (χ1n) is 9.90. The molecule has 0 saturated heterocycles. The summed E-state index contributed by atoms with van der Waals surface area (Å²) in [5, 5.41) is 5.58. The highest BCUT2D eigenvalue weighted by Gasteiger charge is 2.21.